The Kier molecular flexibility index (Phi) is 9.26. The van der Waals surface area contributed by atoms with Gasteiger partial charge in [-0.25, -0.2) is 0 Å². The third-order valence-electron chi connectivity index (χ3n) is 7.43. The van der Waals surface area contributed by atoms with Gasteiger partial charge in [0.05, 0.1) is 0 Å². The van der Waals surface area contributed by atoms with Gasteiger partial charge in [-0.3, -0.25) is 0 Å². The zero-order valence-electron chi connectivity index (χ0n) is 24.5. The first-order chi connectivity index (χ1) is 20.5. The van der Waals surface area contributed by atoms with Crippen LogP contribution >= 0.6 is 0 Å². The summed E-state index contributed by atoms with van der Waals surface area (Å²) in [5.41, 5.74) is 7.82. The molecule has 0 bridgehead atoms. The molecule has 0 spiro atoms. The van der Waals surface area contributed by atoms with Crippen LogP contribution < -0.4 is 0 Å². The van der Waals surface area contributed by atoms with Gasteiger partial charge in [-0.1, -0.05) is 116 Å². The normalized spacial score (nSPS) is 11.0. The van der Waals surface area contributed by atoms with Crippen molar-refractivity contribution in [2.75, 3.05) is 0 Å². The summed E-state index contributed by atoms with van der Waals surface area (Å²) in [6.07, 6.45) is 3.68. The van der Waals surface area contributed by atoms with Crippen molar-refractivity contribution in [3.8, 4) is 33.6 Å². The van der Waals surface area contributed by atoms with Crippen molar-refractivity contribution in [1.82, 2.24) is 9.97 Å². The monoisotopic (exact) mass is 733 g/mol. The number of benzene rings is 5. The molecular formula is C40H32IrN2-2. The summed E-state index contributed by atoms with van der Waals surface area (Å²) >= 11 is 0. The van der Waals surface area contributed by atoms with Gasteiger partial charge in [0.1, 0.15) is 0 Å². The summed E-state index contributed by atoms with van der Waals surface area (Å²) in [7, 11) is 0. The van der Waals surface area contributed by atoms with Gasteiger partial charge in [-0.05, 0) is 45.4 Å². The number of pyridine rings is 2. The van der Waals surface area contributed by atoms with Crippen LogP contribution in [-0.4, -0.2) is 9.97 Å². The molecule has 2 aromatic heterocycles. The Morgan fingerprint density at radius 2 is 1.26 bits per heavy atom. The second kappa shape index (κ2) is 13.3. The fourth-order valence-electron chi connectivity index (χ4n) is 5.09. The van der Waals surface area contributed by atoms with E-state index in [1.807, 2.05) is 48.8 Å². The molecule has 7 aromatic rings. The summed E-state index contributed by atoms with van der Waals surface area (Å²) in [5.74, 6) is 0. The number of hydrogen-bond donors (Lipinski definition) is 0. The van der Waals surface area contributed by atoms with E-state index in [4.69, 9.17) is 0 Å². The first-order valence-electron chi connectivity index (χ1n) is 14.2. The van der Waals surface area contributed by atoms with Crippen molar-refractivity contribution >= 4 is 21.5 Å². The predicted molar refractivity (Wildman–Crippen MR) is 176 cm³/mol. The van der Waals surface area contributed by atoms with Crippen LogP contribution in [-0.2, 0) is 25.5 Å². The number of hydrogen-bond acceptors (Lipinski definition) is 2. The van der Waals surface area contributed by atoms with Gasteiger partial charge in [-0.2, -0.15) is 0 Å². The maximum atomic E-state index is 4.53. The van der Waals surface area contributed by atoms with E-state index in [1.165, 1.54) is 38.2 Å². The Morgan fingerprint density at radius 3 is 2.05 bits per heavy atom. The van der Waals surface area contributed by atoms with E-state index >= 15 is 0 Å². The molecule has 213 valence electrons. The van der Waals surface area contributed by atoms with Crippen LogP contribution in [0.25, 0.3) is 55.2 Å². The first kappa shape index (κ1) is 30.0. The first-order valence-corrected chi connectivity index (χ1v) is 14.2. The van der Waals surface area contributed by atoms with E-state index < -0.39 is 0 Å². The minimum Gasteiger partial charge on any atom is -0.305 e. The molecule has 0 aliphatic heterocycles. The SMILES string of the molecule is CC(C)(C)c1cc[c-]c(-c2cc(-c3ccccc3)ccn2)c1.[Ir].[c-]1cc2c(ccc3ccccc32)cc1-c1ccccn1. The predicted octanol–water partition coefficient (Wildman–Crippen LogP) is 10.4. The second-order valence-corrected chi connectivity index (χ2v) is 11.4. The molecular weight excluding hydrogens is 701 g/mol. The minimum atomic E-state index is 0. The molecule has 0 amide bonds. The number of aromatic nitrogens is 2. The van der Waals surface area contributed by atoms with E-state index in [1.54, 1.807) is 0 Å². The number of fused-ring (bicyclic) bond motifs is 3. The Labute approximate surface area is 267 Å². The summed E-state index contributed by atoms with van der Waals surface area (Å²) in [4.78, 5) is 8.91. The maximum absolute atomic E-state index is 4.53. The Hall–Kier alpha value is -4.43. The van der Waals surface area contributed by atoms with Crippen LogP contribution in [0.3, 0.4) is 0 Å². The van der Waals surface area contributed by atoms with Gasteiger partial charge < -0.3 is 9.97 Å². The summed E-state index contributed by atoms with van der Waals surface area (Å²) < 4.78 is 0. The van der Waals surface area contributed by atoms with Crippen LogP contribution in [0.5, 0.6) is 0 Å². The molecule has 0 aliphatic rings. The van der Waals surface area contributed by atoms with E-state index in [0.717, 1.165) is 22.5 Å². The maximum Gasteiger partial charge on any atom is 0.0166 e. The van der Waals surface area contributed by atoms with Crippen molar-refractivity contribution < 1.29 is 20.1 Å². The van der Waals surface area contributed by atoms with Crippen LogP contribution in [0.4, 0.5) is 0 Å². The van der Waals surface area contributed by atoms with E-state index in [0.29, 0.717) is 0 Å². The summed E-state index contributed by atoms with van der Waals surface area (Å²) in [6, 6.07) is 50.5. The van der Waals surface area contributed by atoms with Crippen molar-refractivity contribution in [3.05, 3.63) is 157 Å². The molecule has 0 atom stereocenters. The zero-order chi connectivity index (χ0) is 28.9. The third kappa shape index (κ3) is 6.97. The standard InChI is InChI=1S/C21H20N.C19H12N.Ir/c1-21(2,3)19-11-7-10-18(14-19)20-15-17(12-13-22-20)16-8-5-4-6-9-16;1-2-6-17-14(5-1)8-9-15-13-16(10-11-18(15)17)19-7-3-4-12-20-19;/h4-9,11-15H,1-3H3;1-9,11-13H;/q2*-1;. The Bertz CT molecular complexity index is 1960. The quantitative estimate of drug-likeness (QED) is 0.134. The molecule has 3 heteroatoms. The molecule has 7 rings (SSSR count). The molecule has 5 aromatic carbocycles. The molecule has 0 saturated heterocycles. The van der Waals surface area contributed by atoms with E-state index in [9.17, 15) is 0 Å². The molecule has 0 saturated carbocycles. The number of nitrogens with zero attached hydrogens (tertiary/aromatic N) is 2. The minimum absolute atomic E-state index is 0. The molecule has 1 radical (unpaired) electrons. The molecule has 43 heavy (non-hydrogen) atoms. The molecule has 2 heterocycles. The summed E-state index contributed by atoms with van der Waals surface area (Å²) in [6.45, 7) is 6.67. The molecule has 2 nitrogen and oxygen atoms in total. The van der Waals surface area contributed by atoms with Crippen molar-refractivity contribution in [2.24, 2.45) is 0 Å². The third-order valence-corrected chi connectivity index (χ3v) is 7.43. The van der Waals surface area contributed by atoms with Crippen molar-refractivity contribution in [2.45, 2.75) is 26.2 Å². The zero-order valence-corrected chi connectivity index (χ0v) is 26.9. The Morgan fingerprint density at radius 1 is 0.535 bits per heavy atom. The molecule has 0 fully saturated rings. The van der Waals surface area contributed by atoms with Crippen LogP contribution in [0, 0.1) is 12.1 Å². The second-order valence-electron chi connectivity index (χ2n) is 11.4. The van der Waals surface area contributed by atoms with Crippen LogP contribution in [0.2, 0.25) is 0 Å². The van der Waals surface area contributed by atoms with E-state index in [2.05, 4.69) is 134 Å². The van der Waals surface area contributed by atoms with E-state index in [-0.39, 0.29) is 25.5 Å². The van der Waals surface area contributed by atoms with Crippen molar-refractivity contribution in [1.29, 1.82) is 0 Å². The van der Waals surface area contributed by atoms with Gasteiger partial charge in [0, 0.05) is 32.5 Å². The smallest absolute Gasteiger partial charge is 0.0166 e. The van der Waals surface area contributed by atoms with Gasteiger partial charge in [0.15, 0.2) is 0 Å². The van der Waals surface area contributed by atoms with Gasteiger partial charge in [-0.15, -0.1) is 64.5 Å². The van der Waals surface area contributed by atoms with Gasteiger partial charge in [0.2, 0.25) is 0 Å². The summed E-state index contributed by atoms with van der Waals surface area (Å²) in [5, 5.41) is 5.00. The van der Waals surface area contributed by atoms with Crippen LogP contribution in [0.1, 0.15) is 26.3 Å². The van der Waals surface area contributed by atoms with Crippen LogP contribution in [0.15, 0.2) is 140 Å². The molecule has 0 N–H and O–H groups in total. The fourth-order valence-corrected chi connectivity index (χ4v) is 5.09. The van der Waals surface area contributed by atoms with Gasteiger partial charge in [0.25, 0.3) is 0 Å². The Balaban J connectivity index is 0.000000168. The number of rotatable bonds is 3. The molecule has 0 unspecified atom stereocenters. The van der Waals surface area contributed by atoms with Gasteiger partial charge >= 0.3 is 0 Å². The van der Waals surface area contributed by atoms with Crippen molar-refractivity contribution in [3.63, 3.8) is 0 Å². The average molecular weight is 733 g/mol. The molecule has 0 aliphatic carbocycles. The average Bonchev–Trinajstić information content (AvgIpc) is 3.05. The topological polar surface area (TPSA) is 25.8 Å². The fraction of sp³-hybridized carbons (Fsp3) is 0.100. The largest absolute Gasteiger partial charge is 0.305 e.